The van der Waals surface area contributed by atoms with Crippen molar-refractivity contribution in [1.29, 1.82) is 0 Å². The van der Waals surface area contributed by atoms with Crippen molar-refractivity contribution in [2.24, 2.45) is 10.7 Å². The molecule has 0 aromatic heterocycles. The van der Waals surface area contributed by atoms with Gasteiger partial charge in [-0.3, -0.25) is 0 Å². The highest BCUT2D eigenvalue weighted by Crippen LogP contribution is 2.38. The first-order chi connectivity index (χ1) is 12.6. The number of hydrogen-bond acceptors (Lipinski definition) is 2. The first-order valence-corrected chi connectivity index (χ1v) is 8.86. The van der Waals surface area contributed by atoms with Crippen LogP contribution >= 0.6 is 24.0 Å². The molecule has 0 amide bonds. The number of fused-ring (bicyclic) bond motifs is 1. The average molecular weight is 485 g/mol. The monoisotopic (exact) mass is 485 g/mol. The number of guanidine groups is 1. The Hall–Kier alpha value is -1.90. The molecule has 2 aromatic carbocycles. The Labute approximate surface area is 174 Å². The van der Waals surface area contributed by atoms with Crippen LogP contribution in [0.4, 0.5) is 8.78 Å². The number of nitrogens with two attached hydrogens (primary N) is 1. The van der Waals surface area contributed by atoms with Gasteiger partial charge >= 0.3 is 0 Å². The molecule has 2 aliphatic rings. The van der Waals surface area contributed by atoms with Crippen LogP contribution in [0.3, 0.4) is 0 Å². The molecule has 1 aliphatic carbocycles. The topological polar surface area (TPSA) is 59.6 Å². The molecule has 0 saturated heterocycles. The smallest absolute Gasteiger partial charge is 0.189 e. The molecule has 3 N–H and O–H groups in total. The van der Waals surface area contributed by atoms with Crippen molar-refractivity contribution >= 4 is 29.9 Å². The van der Waals surface area contributed by atoms with Crippen LogP contribution in [-0.2, 0) is 0 Å². The van der Waals surface area contributed by atoms with Gasteiger partial charge in [0.25, 0.3) is 0 Å². The average Bonchev–Trinajstić information content (AvgIpc) is 2.57. The number of nitrogens with zero attached hydrogens (tertiary/aromatic N) is 1. The SMILES string of the molecule is I.NC(=NC1CCOc2ccccc21)NC1CC(c2cc(F)cc(F)c2)C1. The molecule has 1 heterocycles. The van der Waals surface area contributed by atoms with Gasteiger partial charge in [-0.2, -0.15) is 0 Å². The Balaban J connectivity index is 0.00000210. The molecule has 27 heavy (non-hydrogen) atoms. The van der Waals surface area contributed by atoms with E-state index in [0.717, 1.165) is 36.6 Å². The van der Waals surface area contributed by atoms with Crippen molar-refractivity contribution in [3.63, 3.8) is 0 Å². The van der Waals surface area contributed by atoms with Crippen molar-refractivity contribution in [3.05, 3.63) is 65.2 Å². The number of nitrogens with one attached hydrogen (secondary N) is 1. The third kappa shape index (κ3) is 4.51. The maximum atomic E-state index is 13.3. The van der Waals surface area contributed by atoms with Crippen LogP contribution in [0, 0.1) is 11.6 Å². The van der Waals surface area contributed by atoms with E-state index in [1.807, 2.05) is 24.3 Å². The van der Waals surface area contributed by atoms with Crippen molar-refractivity contribution in [2.45, 2.75) is 37.3 Å². The second-order valence-corrected chi connectivity index (χ2v) is 6.92. The van der Waals surface area contributed by atoms with E-state index in [9.17, 15) is 8.78 Å². The minimum absolute atomic E-state index is 0. The van der Waals surface area contributed by atoms with Gasteiger partial charge in [0.2, 0.25) is 0 Å². The van der Waals surface area contributed by atoms with E-state index in [-0.39, 0.29) is 42.0 Å². The van der Waals surface area contributed by atoms with E-state index >= 15 is 0 Å². The standard InChI is InChI=1S/C20H21F2N3O.HI/c21-14-7-12(8-15(22)11-14)13-9-16(10-13)24-20(23)25-18-5-6-26-19-4-2-1-3-17(18)19;/h1-4,7-8,11,13,16,18H,5-6,9-10H2,(H3,23,24,25);1H. The minimum Gasteiger partial charge on any atom is -0.493 e. The second-order valence-electron chi connectivity index (χ2n) is 6.92. The summed E-state index contributed by atoms with van der Waals surface area (Å²) in [5.41, 5.74) is 7.83. The molecular weight excluding hydrogens is 463 g/mol. The Morgan fingerprint density at radius 2 is 1.81 bits per heavy atom. The number of hydrogen-bond donors (Lipinski definition) is 2. The van der Waals surface area contributed by atoms with Gasteiger partial charge in [0.05, 0.1) is 12.6 Å². The minimum atomic E-state index is -0.532. The van der Waals surface area contributed by atoms with E-state index in [4.69, 9.17) is 10.5 Å². The van der Waals surface area contributed by atoms with Crippen molar-refractivity contribution < 1.29 is 13.5 Å². The number of ether oxygens (including phenoxy) is 1. The van der Waals surface area contributed by atoms with Gasteiger partial charge in [-0.05, 0) is 42.5 Å². The highest BCUT2D eigenvalue weighted by atomic mass is 127. The van der Waals surface area contributed by atoms with Crippen LogP contribution in [0.2, 0.25) is 0 Å². The number of rotatable bonds is 3. The molecule has 144 valence electrons. The summed E-state index contributed by atoms with van der Waals surface area (Å²) in [7, 11) is 0. The molecule has 4 nitrogen and oxygen atoms in total. The molecule has 0 bridgehead atoms. The molecular formula is C20H22F2IN3O. The van der Waals surface area contributed by atoms with Crippen LogP contribution < -0.4 is 15.8 Å². The molecule has 1 unspecified atom stereocenters. The first-order valence-electron chi connectivity index (χ1n) is 8.86. The van der Waals surface area contributed by atoms with Crippen molar-refractivity contribution in [1.82, 2.24) is 5.32 Å². The van der Waals surface area contributed by atoms with Crippen LogP contribution in [-0.4, -0.2) is 18.6 Å². The molecule has 0 spiro atoms. The Morgan fingerprint density at radius 3 is 2.56 bits per heavy atom. The summed E-state index contributed by atoms with van der Waals surface area (Å²) in [5, 5.41) is 3.22. The van der Waals surface area contributed by atoms with E-state index in [1.54, 1.807) is 0 Å². The molecule has 1 aliphatic heterocycles. The van der Waals surface area contributed by atoms with Crippen molar-refractivity contribution in [3.8, 4) is 5.75 Å². The van der Waals surface area contributed by atoms with Gasteiger partial charge in [0.1, 0.15) is 17.4 Å². The fraction of sp³-hybridized carbons (Fsp3) is 0.350. The highest BCUT2D eigenvalue weighted by Gasteiger charge is 2.31. The highest BCUT2D eigenvalue weighted by molar-refractivity contribution is 14.0. The summed E-state index contributed by atoms with van der Waals surface area (Å²) in [6, 6.07) is 11.7. The Bertz CT molecular complexity index is 819. The third-order valence-electron chi connectivity index (χ3n) is 5.07. The molecule has 1 saturated carbocycles. The van der Waals surface area contributed by atoms with Gasteiger partial charge < -0.3 is 15.8 Å². The third-order valence-corrected chi connectivity index (χ3v) is 5.07. The van der Waals surface area contributed by atoms with Crippen LogP contribution in [0.5, 0.6) is 5.75 Å². The number of para-hydroxylation sites is 1. The molecule has 0 radical (unpaired) electrons. The van der Waals surface area contributed by atoms with E-state index in [2.05, 4.69) is 10.3 Å². The zero-order chi connectivity index (χ0) is 18.1. The lowest BCUT2D eigenvalue weighted by atomic mass is 9.76. The normalized spacial score (nSPS) is 24.1. The predicted molar refractivity (Wildman–Crippen MR) is 112 cm³/mol. The number of aliphatic imine (C=N–C) groups is 1. The zero-order valence-corrected chi connectivity index (χ0v) is 17.0. The van der Waals surface area contributed by atoms with Gasteiger partial charge in [-0.1, -0.05) is 18.2 Å². The van der Waals surface area contributed by atoms with Gasteiger partial charge in [0, 0.05) is 24.1 Å². The quantitative estimate of drug-likeness (QED) is 0.388. The maximum Gasteiger partial charge on any atom is 0.189 e. The fourth-order valence-corrected chi connectivity index (χ4v) is 3.69. The molecule has 4 rings (SSSR count). The maximum absolute atomic E-state index is 13.3. The number of benzene rings is 2. The summed E-state index contributed by atoms with van der Waals surface area (Å²) >= 11 is 0. The molecule has 1 atom stereocenters. The molecule has 1 fully saturated rings. The Morgan fingerprint density at radius 1 is 1.11 bits per heavy atom. The number of halogens is 3. The lowest BCUT2D eigenvalue weighted by molar-refractivity contribution is 0.269. The Kier molecular flexibility index (Phi) is 6.18. The predicted octanol–water partition coefficient (Wildman–Crippen LogP) is 4.26. The summed E-state index contributed by atoms with van der Waals surface area (Å²) in [4.78, 5) is 4.61. The molecule has 2 aromatic rings. The van der Waals surface area contributed by atoms with Crippen LogP contribution in [0.25, 0.3) is 0 Å². The van der Waals surface area contributed by atoms with Crippen LogP contribution in [0.1, 0.15) is 42.3 Å². The lowest BCUT2D eigenvalue weighted by Gasteiger charge is -2.36. The molecule has 7 heteroatoms. The van der Waals surface area contributed by atoms with Gasteiger partial charge in [-0.15, -0.1) is 24.0 Å². The van der Waals surface area contributed by atoms with Gasteiger partial charge in [0.15, 0.2) is 5.96 Å². The lowest BCUT2D eigenvalue weighted by Crippen LogP contribution is -2.46. The summed E-state index contributed by atoms with van der Waals surface area (Å²) < 4.78 is 32.3. The van der Waals surface area contributed by atoms with E-state index in [0.29, 0.717) is 18.1 Å². The summed E-state index contributed by atoms with van der Waals surface area (Å²) in [6.07, 6.45) is 2.35. The van der Waals surface area contributed by atoms with Gasteiger partial charge in [-0.25, -0.2) is 13.8 Å². The fourth-order valence-electron chi connectivity index (χ4n) is 3.69. The van der Waals surface area contributed by atoms with E-state index in [1.165, 1.54) is 12.1 Å². The summed E-state index contributed by atoms with van der Waals surface area (Å²) in [5.74, 6) is 0.346. The second kappa shape index (κ2) is 8.41. The summed E-state index contributed by atoms with van der Waals surface area (Å²) in [6.45, 7) is 0.620. The van der Waals surface area contributed by atoms with E-state index < -0.39 is 11.6 Å². The zero-order valence-electron chi connectivity index (χ0n) is 14.7. The largest absolute Gasteiger partial charge is 0.493 e. The van der Waals surface area contributed by atoms with Crippen molar-refractivity contribution in [2.75, 3.05) is 6.61 Å². The van der Waals surface area contributed by atoms with Crippen LogP contribution in [0.15, 0.2) is 47.5 Å². The first kappa shape index (κ1) is 19.9.